The molecule has 1 unspecified atom stereocenters. The smallest absolute Gasteiger partial charge is 0.235 e. The molecule has 1 atom stereocenters. The zero-order chi connectivity index (χ0) is 10.3. The van der Waals surface area contributed by atoms with E-state index in [-0.39, 0.29) is 5.25 Å². The van der Waals surface area contributed by atoms with Gasteiger partial charge in [-0.25, -0.2) is 0 Å². The van der Waals surface area contributed by atoms with Crippen LogP contribution in [0.2, 0.25) is 0 Å². The maximum atomic E-state index is 11.8. The van der Waals surface area contributed by atoms with Crippen LogP contribution < -0.4 is 0 Å². The van der Waals surface area contributed by atoms with Crippen molar-refractivity contribution in [2.45, 2.75) is 38.9 Å². The van der Waals surface area contributed by atoms with Gasteiger partial charge in [-0.15, -0.1) is 0 Å². The summed E-state index contributed by atoms with van der Waals surface area (Å²) in [4.78, 5) is 13.7. The summed E-state index contributed by atoms with van der Waals surface area (Å²) in [5.41, 5.74) is 0. The summed E-state index contributed by atoms with van der Waals surface area (Å²) in [5, 5.41) is 0.171. The van der Waals surface area contributed by atoms with Crippen molar-refractivity contribution in [1.82, 2.24) is 4.90 Å². The highest BCUT2D eigenvalue weighted by Gasteiger charge is 2.20. The summed E-state index contributed by atoms with van der Waals surface area (Å²) in [6.07, 6.45) is 4.09. The molecule has 2 nitrogen and oxygen atoms in total. The molecule has 0 aromatic heterocycles. The van der Waals surface area contributed by atoms with Crippen LogP contribution in [0.5, 0.6) is 0 Å². The lowest BCUT2D eigenvalue weighted by molar-refractivity contribution is -0.130. The van der Waals surface area contributed by atoms with Crippen molar-refractivity contribution < 1.29 is 4.79 Å². The first kappa shape index (κ1) is 12.8. The summed E-state index contributed by atoms with van der Waals surface area (Å²) in [6, 6.07) is 0. The molecule has 0 aliphatic carbocycles. The lowest BCUT2D eigenvalue weighted by Crippen LogP contribution is -2.37. The van der Waals surface area contributed by atoms with Gasteiger partial charge in [0.25, 0.3) is 0 Å². The van der Waals surface area contributed by atoms with E-state index in [0.717, 1.165) is 25.9 Å². The highest BCUT2D eigenvalue weighted by molar-refractivity contribution is 7.99. The van der Waals surface area contributed by atoms with Crippen LogP contribution in [0.4, 0.5) is 0 Å². The summed E-state index contributed by atoms with van der Waals surface area (Å²) >= 11 is 1.67. The first-order valence-corrected chi connectivity index (χ1v) is 6.31. The molecule has 1 amide bonds. The number of carbonyl (C=O) groups is 1. The summed E-state index contributed by atoms with van der Waals surface area (Å²) in [6.45, 7) is 7.85. The van der Waals surface area contributed by atoms with E-state index in [2.05, 4.69) is 6.92 Å². The van der Waals surface area contributed by atoms with Crippen LogP contribution in [-0.2, 0) is 4.79 Å². The quantitative estimate of drug-likeness (QED) is 0.660. The molecule has 0 heterocycles. The van der Waals surface area contributed by atoms with Crippen LogP contribution in [0, 0.1) is 0 Å². The molecule has 0 N–H and O–H groups in total. The predicted molar refractivity (Wildman–Crippen MR) is 60.1 cm³/mol. The van der Waals surface area contributed by atoms with Gasteiger partial charge >= 0.3 is 0 Å². The number of rotatable bonds is 6. The van der Waals surface area contributed by atoms with Gasteiger partial charge in [0, 0.05) is 13.1 Å². The summed E-state index contributed by atoms with van der Waals surface area (Å²) in [5.74, 6) is 0.305. The number of hydrogen-bond donors (Lipinski definition) is 0. The molecule has 0 aromatic carbocycles. The maximum Gasteiger partial charge on any atom is 0.235 e. The highest BCUT2D eigenvalue weighted by Crippen LogP contribution is 2.15. The van der Waals surface area contributed by atoms with Crippen molar-refractivity contribution >= 4 is 17.7 Å². The van der Waals surface area contributed by atoms with Gasteiger partial charge in [-0.1, -0.05) is 13.3 Å². The Balaban J connectivity index is 4.16. The first-order valence-electron chi connectivity index (χ1n) is 5.02. The standard InChI is InChI=1S/C10H21NOS/c1-5-8-9(13-4)10(12)11(6-2)7-3/h9H,5-8H2,1-4H3. The van der Waals surface area contributed by atoms with E-state index in [4.69, 9.17) is 0 Å². The second-order valence-corrected chi connectivity index (χ2v) is 4.06. The van der Waals surface area contributed by atoms with Crippen LogP contribution >= 0.6 is 11.8 Å². The van der Waals surface area contributed by atoms with E-state index in [1.54, 1.807) is 11.8 Å². The van der Waals surface area contributed by atoms with E-state index in [1.807, 2.05) is 25.0 Å². The minimum atomic E-state index is 0.171. The molecule has 0 rings (SSSR count). The normalized spacial score (nSPS) is 12.6. The van der Waals surface area contributed by atoms with Gasteiger partial charge in [-0.3, -0.25) is 4.79 Å². The van der Waals surface area contributed by atoms with Crippen LogP contribution in [0.25, 0.3) is 0 Å². The SMILES string of the molecule is CCCC(SC)C(=O)N(CC)CC. The van der Waals surface area contributed by atoms with E-state index in [0.29, 0.717) is 5.91 Å². The molecule has 3 heteroatoms. The van der Waals surface area contributed by atoms with Crippen LogP contribution in [0.15, 0.2) is 0 Å². The van der Waals surface area contributed by atoms with Crippen LogP contribution in [-0.4, -0.2) is 35.4 Å². The average molecular weight is 203 g/mol. The van der Waals surface area contributed by atoms with E-state index >= 15 is 0 Å². The maximum absolute atomic E-state index is 11.8. The second kappa shape index (κ2) is 7.25. The van der Waals surface area contributed by atoms with Gasteiger partial charge in [0.05, 0.1) is 5.25 Å². The predicted octanol–water partition coefficient (Wildman–Crippen LogP) is 2.39. The Bertz CT molecular complexity index is 146. The van der Waals surface area contributed by atoms with Gasteiger partial charge < -0.3 is 4.90 Å². The van der Waals surface area contributed by atoms with Gasteiger partial charge in [0.1, 0.15) is 0 Å². The monoisotopic (exact) mass is 203 g/mol. The molecular weight excluding hydrogens is 182 g/mol. The van der Waals surface area contributed by atoms with Crippen molar-refractivity contribution in [2.75, 3.05) is 19.3 Å². The minimum Gasteiger partial charge on any atom is -0.342 e. The van der Waals surface area contributed by atoms with Gasteiger partial charge in [0.15, 0.2) is 0 Å². The van der Waals surface area contributed by atoms with E-state index in [9.17, 15) is 4.79 Å². The average Bonchev–Trinajstić information content (AvgIpc) is 2.15. The fourth-order valence-corrected chi connectivity index (χ4v) is 2.17. The second-order valence-electron chi connectivity index (χ2n) is 3.02. The van der Waals surface area contributed by atoms with Crippen LogP contribution in [0.3, 0.4) is 0 Å². The van der Waals surface area contributed by atoms with E-state index in [1.165, 1.54) is 0 Å². The highest BCUT2D eigenvalue weighted by atomic mass is 32.2. The number of nitrogens with zero attached hydrogens (tertiary/aromatic N) is 1. The van der Waals surface area contributed by atoms with Crippen molar-refractivity contribution in [3.8, 4) is 0 Å². The van der Waals surface area contributed by atoms with Gasteiger partial charge in [-0.05, 0) is 26.5 Å². The van der Waals surface area contributed by atoms with Crippen molar-refractivity contribution in [2.24, 2.45) is 0 Å². The first-order chi connectivity index (χ1) is 6.21. The Morgan fingerprint density at radius 2 is 1.85 bits per heavy atom. The molecule has 0 saturated carbocycles. The molecule has 13 heavy (non-hydrogen) atoms. The third-order valence-electron chi connectivity index (χ3n) is 2.19. The molecule has 0 aromatic rings. The fourth-order valence-electron chi connectivity index (χ4n) is 1.34. The molecular formula is C10H21NOS. The van der Waals surface area contributed by atoms with Crippen molar-refractivity contribution in [3.63, 3.8) is 0 Å². The Morgan fingerprint density at radius 3 is 2.15 bits per heavy atom. The van der Waals surface area contributed by atoms with E-state index < -0.39 is 0 Å². The third-order valence-corrected chi connectivity index (χ3v) is 3.19. The molecule has 0 bridgehead atoms. The van der Waals surface area contributed by atoms with Crippen LogP contribution in [0.1, 0.15) is 33.6 Å². The van der Waals surface area contributed by atoms with Crippen molar-refractivity contribution in [3.05, 3.63) is 0 Å². The summed E-state index contributed by atoms with van der Waals surface area (Å²) in [7, 11) is 0. The molecule has 0 saturated heterocycles. The zero-order valence-electron chi connectivity index (χ0n) is 9.17. The molecule has 0 aliphatic rings. The molecule has 0 radical (unpaired) electrons. The third kappa shape index (κ3) is 4.03. The molecule has 78 valence electrons. The Hall–Kier alpha value is -0.180. The lowest BCUT2D eigenvalue weighted by Gasteiger charge is -2.23. The lowest BCUT2D eigenvalue weighted by atomic mass is 10.2. The Morgan fingerprint density at radius 1 is 1.31 bits per heavy atom. The summed E-state index contributed by atoms with van der Waals surface area (Å²) < 4.78 is 0. The number of amides is 1. The molecule has 0 spiro atoms. The van der Waals surface area contributed by atoms with Gasteiger partial charge in [-0.2, -0.15) is 11.8 Å². The largest absolute Gasteiger partial charge is 0.342 e. The van der Waals surface area contributed by atoms with Crippen molar-refractivity contribution in [1.29, 1.82) is 0 Å². The minimum absolute atomic E-state index is 0.171. The molecule has 0 fully saturated rings. The molecule has 0 aliphatic heterocycles. The Kier molecular flexibility index (Phi) is 7.14. The zero-order valence-corrected chi connectivity index (χ0v) is 9.99. The number of thioether (sulfide) groups is 1. The number of carbonyl (C=O) groups excluding carboxylic acids is 1. The van der Waals surface area contributed by atoms with Gasteiger partial charge in [0.2, 0.25) is 5.91 Å². The number of hydrogen-bond acceptors (Lipinski definition) is 2. The fraction of sp³-hybridized carbons (Fsp3) is 0.900. The topological polar surface area (TPSA) is 20.3 Å². The Labute approximate surface area is 86.1 Å².